The number of amides is 1. The van der Waals surface area contributed by atoms with Crippen LogP contribution in [0, 0.1) is 0 Å². The summed E-state index contributed by atoms with van der Waals surface area (Å²) in [5, 5.41) is 1.17. The first kappa shape index (κ1) is 14.1. The Morgan fingerprint density at radius 3 is 3.00 bits per heavy atom. The van der Waals surface area contributed by atoms with Crippen LogP contribution in [-0.4, -0.2) is 34.5 Å². The van der Waals surface area contributed by atoms with Crippen LogP contribution in [0.1, 0.15) is 24.8 Å². The topological polar surface area (TPSA) is 51.3 Å². The fraction of sp³-hybridized carbons (Fsp3) is 0.471. The van der Waals surface area contributed by atoms with Crippen molar-refractivity contribution in [3.63, 3.8) is 0 Å². The Morgan fingerprint density at radius 1 is 1.33 bits per heavy atom. The summed E-state index contributed by atoms with van der Waals surface area (Å²) in [5.41, 5.74) is 8.33. The molecule has 0 radical (unpaired) electrons. The molecule has 1 saturated heterocycles. The minimum Gasteiger partial charge on any atom is -0.350 e. The Hall–Kier alpha value is -1.81. The van der Waals surface area contributed by atoms with Crippen molar-refractivity contribution >= 4 is 16.8 Å². The molecule has 1 aliphatic heterocycles. The van der Waals surface area contributed by atoms with Crippen LogP contribution < -0.4 is 5.73 Å². The summed E-state index contributed by atoms with van der Waals surface area (Å²) in [7, 11) is 2.03. The van der Waals surface area contributed by atoms with Crippen LogP contribution in [0.25, 0.3) is 10.9 Å². The summed E-state index contributed by atoms with van der Waals surface area (Å²) in [5.74, 6) is 0.198. The Labute approximate surface area is 125 Å². The molecule has 1 atom stereocenters. The number of hydrogen-bond donors (Lipinski definition) is 1. The Morgan fingerprint density at radius 2 is 2.14 bits per heavy atom. The van der Waals surface area contributed by atoms with Gasteiger partial charge in [0.05, 0.1) is 6.42 Å². The van der Waals surface area contributed by atoms with Gasteiger partial charge in [0.15, 0.2) is 0 Å². The van der Waals surface area contributed by atoms with E-state index in [4.69, 9.17) is 5.73 Å². The minimum atomic E-state index is 0.129. The van der Waals surface area contributed by atoms with Crippen molar-refractivity contribution in [1.29, 1.82) is 0 Å². The third kappa shape index (κ3) is 2.95. The van der Waals surface area contributed by atoms with Gasteiger partial charge in [0.1, 0.15) is 0 Å². The molecule has 0 saturated carbocycles. The first-order valence-electron chi connectivity index (χ1n) is 7.71. The minimum absolute atomic E-state index is 0.129. The number of aromatic nitrogens is 1. The maximum Gasteiger partial charge on any atom is 0.227 e. The number of carbonyl (C=O) groups excluding carboxylic acids is 1. The van der Waals surface area contributed by atoms with E-state index in [9.17, 15) is 4.79 Å². The number of fused-ring (bicyclic) bond motifs is 1. The lowest BCUT2D eigenvalue weighted by Gasteiger charge is -2.22. The largest absolute Gasteiger partial charge is 0.350 e. The Kier molecular flexibility index (Phi) is 3.97. The lowest BCUT2D eigenvalue weighted by Crippen LogP contribution is -2.40. The molecule has 1 aromatic heterocycles. The highest BCUT2D eigenvalue weighted by molar-refractivity contribution is 5.89. The first-order valence-corrected chi connectivity index (χ1v) is 7.71. The van der Waals surface area contributed by atoms with Gasteiger partial charge in [0.2, 0.25) is 5.91 Å². The summed E-state index contributed by atoms with van der Waals surface area (Å²) in [4.78, 5) is 14.5. The second-order valence-corrected chi connectivity index (χ2v) is 6.05. The SMILES string of the molecule is Cn1cc(CC(=O)N2CCCC[C@@H](N)C2)c2ccccc21. The van der Waals surface area contributed by atoms with E-state index in [2.05, 4.69) is 22.9 Å². The number of hydrogen-bond acceptors (Lipinski definition) is 2. The molecule has 2 aromatic rings. The van der Waals surface area contributed by atoms with Crippen molar-refractivity contribution in [2.24, 2.45) is 12.8 Å². The zero-order valence-corrected chi connectivity index (χ0v) is 12.6. The Balaban J connectivity index is 1.80. The third-order valence-electron chi connectivity index (χ3n) is 4.38. The molecule has 4 nitrogen and oxygen atoms in total. The van der Waals surface area contributed by atoms with Gasteiger partial charge in [-0.3, -0.25) is 4.79 Å². The molecular weight excluding hydrogens is 262 g/mol. The summed E-state index contributed by atoms with van der Waals surface area (Å²) in [6.07, 6.45) is 5.75. The van der Waals surface area contributed by atoms with Crippen molar-refractivity contribution in [2.75, 3.05) is 13.1 Å². The number of likely N-dealkylation sites (tertiary alicyclic amines) is 1. The lowest BCUT2D eigenvalue weighted by molar-refractivity contribution is -0.130. The second-order valence-electron chi connectivity index (χ2n) is 6.05. The predicted octanol–water partition coefficient (Wildman–Crippen LogP) is 2.06. The van der Waals surface area contributed by atoms with Crippen molar-refractivity contribution < 1.29 is 4.79 Å². The molecular formula is C17H23N3O. The zero-order valence-electron chi connectivity index (χ0n) is 12.6. The van der Waals surface area contributed by atoms with Gasteiger partial charge in [0.25, 0.3) is 0 Å². The second kappa shape index (κ2) is 5.90. The fourth-order valence-corrected chi connectivity index (χ4v) is 3.24. The van der Waals surface area contributed by atoms with Gasteiger partial charge < -0.3 is 15.2 Å². The third-order valence-corrected chi connectivity index (χ3v) is 4.38. The summed E-state index contributed by atoms with van der Waals surface area (Å²) in [6, 6.07) is 8.36. The molecule has 1 amide bonds. The number of rotatable bonds is 2. The molecule has 4 heteroatoms. The van der Waals surface area contributed by atoms with E-state index < -0.39 is 0 Å². The number of nitrogens with two attached hydrogens (primary N) is 1. The van der Waals surface area contributed by atoms with Crippen LogP contribution in [0.3, 0.4) is 0 Å². The van der Waals surface area contributed by atoms with Crippen LogP contribution in [-0.2, 0) is 18.3 Å². The number of para-hydroxylation sites is 1. The van der Waals surface area contributed by atoms with Crippen molar-refractivity contribution in [3.05, 3.63) is 36.0 Å². The summed E-state index contributed by atoms with van der Waals surface area (Å²) >= 11 is 0. The molecule has 0 aliphatic carbocycles. The van der Waals surface area contributed by atoms with E-state index in [1.54, 1.807) is 0 Å². The van der Waals surface area contributed by atoms with Crippen LogP contribution >= 0.6 is 0 Å². The molecule has 21 heavy (non-hydrogen) atoms. The molecule has 2 N–H and O–H groups in total. The molecule has 1 aromatic carbocycles. The molecule has 0 unspecified atom stereocenters. The van der Waals surface area contributed by atoms with Crippen molar-refractivity contribution in [2.45, 2.75) is 31.7 Å². The average Bonchev–Trinajstić information content (AvgIpc) is 2.65. The van der Waals surface area contributed by atoms with E-state index in [0.29, 0.717) is 13.0 Å². The smallest absolute Gasteiger partial charge is 0.227 e. The van der Waals surface area contributed by atoms with Crippen LogP contribution in [0.2, 0.25) is 0 Å². The quantitative estimate of drug-likeness (QED) is 0.918. The maximum atomic E-state index is 12.6. The number of carbonyl (C=O) groups is 1. The van der Waals surface area contributed by atoms with E-state index >= 15 is 0 Å². The standard InChI is InChI=1S/C17H23N3O/c1-19-11-13(15-7-2-3-8-16(15)19)10-17(21)20-9-5-4-6-14(18)12-20/h2-3,7-8,11,14H,4-6,9-10,12,18H2,1H3/t14-/m1/s1. The molecule has 1 aliphatic rings. The Bertz CT molecular complexity index is 647. The predicted molar refractivity (Wildman–Crippen MR) is 85.0 cm³/mol. The zero-order chi connectivity index (χ0) is 14.8. The average molecular weight is 285 g/mol. The van der Waals surface area contributed by atoms with Crippen LogP contribution in [0.5, 0.6) is 0 Å². The molecule has 2 heterocycles. The van der Waals surface area contributed by atoms with Gasteiger partial charge in [-0.15, -0.1) is 0 Å². The molecule has 1 fully saturated rings. The highest BCUT2D eigenvalue weighted by atomic mass is 16.2. The number of aryl methyl sites for hydroxylation is 1. The monoisotopic (exact) mass is 285 g/mol. The fourth-order valence-electron chi connectivity index (χ4n) is 3.24. The van der Waals surface area contributed by atoms with Gasteiger partial charge in [0, 0.05) is 43.3 Å². The van der Waals surface area contributed by atoms with Gasteiger partial charge in [-0.05, 0) is 24.5 Å². The summed E-state index contributed by atoms with van der Waals surface area (Å²) < 4.78 is 2.09. The van der Waals surface area contributed by atoms with Gasteiger partial charge in [-0.1, -0.05) is 24.6 Å². The highest BCUT2D eigenvalue weighted by Gasteiger charge is 2.21. The van der Waals surface area contributed by atoms with Crippen molar-refractivity contribution in [1.82, 2.24) is 9.47 Å². The molecule has 0 bridgehead atoms. The van der Waals surface area contributed by atoms with Crippen LogP contribution in [0.4, 0.5) is 0 Å². The van der Waals surface area contributed by atoms with Gasteiger partial charge in [-0.25, -0.2) is 0 Å². The molecule has 3 rings (SSSR count). The van der Waals surface area contributed by atoms with Gasteiger partial charge >= 0.3 is 0 Å². The highest BCUT2D eigenvalue weighted by Crippen LogP contribution is 2.21. The van der Waals surface area contributed by atoms with Crippen molar-refractivity contribution in [3.8, 4) is 0 Å². The normalized spacial score (nSPS) is 19.7. The van der Waals surface area contributed by atoms with E-state index in [1.165, 1.54) is 10.9 Å². The van der Waals surface area contributed by atoms with E-state index in [-0.39, 0.29) is 11.9 Å². The molecule has 0 spiro atoms. The summed E-state index contributed by atoms with van der Waals surface area (Å²) in [6.45, 7) is 1.54. The lowest BCUT2D eigenvalue weighted by atomic mass is 10.1. The molecule has 112 valence electrons. The van der Waals surface area contributed by atoms with Crippen LogP contribution in [0.15, 0.2) is 30.5 Å². The number of benzene rings is 1. The van der Waals surface area contributed by atoms with E-state index in [0.717, 1.165) is 31.4 Å². The first-order chi connectivity index (χ1) is 10.1. The number of nitrogens with zero attached hydrogens (tertiary/aromatic N) is 2. The maximum absolute atomic E-state index is 12.6. The van der Waals surface area contributed by atoms with E-state index in [1.807, 2.05) is 24.1 Å². The van der Waals surface area contributed by atoms with Gasteiger partial charge in [-0.2, -0.15) is 0 Å².